The second-order valence-electron chi connectivity index (χ2n) is 10.2. The Bertz CT molecular complexity index is 1240. The molecule has 1 unspecified atom stereocenters. The van der Waals surface area contributed by atoms with E-state index in [-0.39, 0.29) is 11.3 Å². The van der Waals surface area contributed by atoms with Gasteiger partial charge in [-0.15, -0.1) is 0 Å². The third-order valence-electron chi connectivity index (χ3n) is 7.18. The molecule has 0 aliphatic carbocycles. The zero-order chi connectivity index (χ0) is 26.6. The van der Waals surface area contributed by atoms with Crippen molar-refractivity contribution in [1.29, 1.82) is 0 Å². The molecule has 0 aromatic heterocycles. The minimum atomic E-state index is -0.413. The molecular formula is C30H36N2O5. The van der Waals surface area contributed by atoms with Crippen LogP contribution < -0.4 is 14.2 Å². The number of nitrogens with zero attached hydrogens (tertiary/aromatic N) is 2. The van der Waals surface area contributed by atoms with E-state index >= 15 is 0 Å². The number of nitro benzene ring substituents is 1. The molecule has 7 nitrogen and oxygen atoms in total. The first-order valence-corrected chi connectivity index (χ1v) is 12.7. The van der Waals surface area contributed by atoms with Gasteiger partial charge in [-0.2, -0.15) is 0 Å². The first-order valence-electron chi connectivity index (χ1n) is 12.7. The van der Waals surface area contributed by atoms with Crippen LogP contribution in [0.5, 0.6) is 17.2 Å². The van der Waals surface area contributed by atoms with Gasteiger partial charge in [0.05, 0.1) is 4.92 Å². The smallest absolute Gasteiger partial charge is 0.269 e. The predicted octanol–water partition coefficient (Wildman–Crippen LogP) is 6.19. The van der Waals surface area contributed by atoms with E-state index in [0.29, 0.717) is 25.5 Å². The topological polar surface area (TPSA) is 74.1 Å². The van der Waals surface area contributed by atoms with Crippen LogP contribution in [0.4, 0.5) is 5.69 Å². The van der Waals surface area contributed by atoms with E-state index in [9.17, 15) is 10.1 Å². The molecule has 7 heteroatoms. The standard InChI is InChI=1S/C30H36N2O5/c1-21-22(2)29-27(23(3)28(21)36-19-24-9-7-6-8-10-24)15-16-30(4,37-29)20-31(5)17-18-35-26-13-11-25(12-14-26)32(33)34/h6-14H,15-20H2,1-5H3. The second-order valence-corrected chi connectivity index (χ2v) is 10.2. The van der Waals surface area contributed by atoms with Crippen LogP contribution in [0.15, 0.2) is 54.6 Å². The van der Waals surface area contributed by atoms with Crippen LogP contribution in [0.1, 0.15) is 41.2 Å². The highest BCUT2D eigenvalue weighted by Crippen LogP contribution is 2.44. The molecule has 3 aromatic carbocycles. The lowest BCUT2D eigenvalue weighted by molar-refractivity contribution is -0.384. The van der Waals surface area contributed by atoms with Gasteiger partial charge in [-0.05, 0) is 82.0 Å². The first kappa shape index (κ1) is 26.5. The molecule has 0 saturated carbocycles. The normalized spacial score (nSPS) is 16.7. The Morgan fingerprint density at radius 2 is 1.70 bits per heavy atom. The van der Waals surface area contributed by atoms with Crippen molar-refractivity contribution >= 4 is 5.69 Å². The molecule has 1 aliphatic heterocycles. The van der Waals surface area contributed by atoms with E-state index in [4.69, 9.17) is 14.2 Å². The molecule has 0 saturated heterocycles. The van der Waals surface area contributed by atoms with Gasteiger partial charge in [0.1, 0.15) is 36.1 Å². The molecule has 0 N–H and O–H groups in total. The van der Waals surface area contributed by atoms with Gasteiger partial charge in [0, 0.05) is 30.8 Å². The molecule has 3 aromatic rings. The second kappa shape index (κ2) is 11.2. The minimum Gasteiger partial charge on any atom is -0.492 e. The molecule has 0 amide bonds. The van der Waals surface area contributed by atoms with E-state index in [1.165, 1.54) is 23.3 Å². The molecule has 1 heterocycles. The van der Waals surface area contributed by atoms with Crippen molar-refractivity contribution < 1.29 is 19.1 Å². The van der Waals surface area contributed by atoms with E-state index < -0.39 is 4.92 Å². The Hall–Kier alpha value is -3.58. The van der Waals surface area contributed by atoms with Crippen LogP contribution in [0.25, 0.3) is 0 Å². The van der Waals surface area contributed by atoms with E-state index in [0.717, 1.165) is 47.6 Å². The lowest BCUT2D eigenvalue weighted by Gasteiger charge is -2.40. The van der Waals surface area contributed by atoms with Crippen molar-refractivity contribution in [2.24, 2.45) is 0 Å². The number of non-ortho nitro benzene ring substituents is 1. The van der Waals surface area contributed by atoms with Gasteiger partial charge in [0.15, 0.2) is 0 Å². The maximum Gasteiger partial charge on any atom is 0.269 e. The third kappa shape index (κ3) is 6.23. The predicted molar refractivity (Wildman–Crippen MR) is 145 cm³/mol. The summed E-state index contributed by atoms with van der Waals surface area (Å²) >= 11 is 0. The Balaban J connectivity index is 1.37. The molecule has 0 fully saturated rings. The van der Waals surface area contributed by atoms with Crippen LogP contribution in [0, 0.1) is 30.9 Å². The summed E-state index contributed by atoms with van der Waals surface area (Å²) < 4.78 is 18.8. The number of hydrogen-bond acceptors (Lipinski definition) is 6. The highest BCUT2D eigenvalue weighted by molar-refractivity contribution is 5.59. The maximum absolute atomic E-state index is 10.8. The summed E-state index contributed by atoms with van der Waals surface area (Å²) in [4.78, 5) is 12.6. The summed E-state index contributed by atoms with van der Waals surface area (Å²) in [6.07, 6.45) is 1.85. The number of likely N-dealkylation sites (N-methyl/N-ethyl adjacent to an activating group) is 1. The van der Waals surface area contributed by atoms with Gasteiger partial charge in [-0.3, -0.25) is 15.0 Å². The fraction of sp³-hybridized carbons (Fsp3) is 0.400. The average molecular weight is 505 g/mol. The van der Waals surface area contributed by atoms with Crippen molar-refractivity contribution in [3.05, 3.63) is 92.5 Å². The van der Waals surface area contributed by atoms with Gasteiger partial charge in [0.2, 0.25) is 0 Å². The number of ether oxygens (including phenoxy) is 3. The Morgan fingerprint density at radius 1 is 1.00 bits per heavy atom. The average Bonchev–Trinajstić information content (AvgIpc) is 2.88. The van der Waals surface area contributed by atoms with Crippen molar-refractivity contribution in [3.8, 4) is 17.2 Å². The highest BCUT2D eigenvalue weighted by Gasteiger charge is 2.35. The van der Waals surface area contributed by atoms with Crippen LogP contribution in [-0.2, 0) is 13.0 Å². The molecular weight excluding hydrogens is 468 g/mol. The van der Waals surface area contributed by atoms with Gasteiger partial charge >= 0.3 is 0 Å². The quantitative estimate of drug-likeness (QED) is 0.242. The highest BCUT2D eigenvalue weighted by atomic mass is 16.6. The van der Waals surface area contributed by atoms with Crippen LogP contribution >= 0.6 is 0 Å². The molecule has 0 radical (unpaired) electrons. The molecule has 1 aliphatic rings. The maximum atomic E-state index is 10.8. The van der Waals surface area contributed by atoms with E-state index in [2.05, 4.69) is 51.8 Å². The molecule has 4 rings (SSSR count). The summed E-state index contributed by atoms with van der Waals surface area (Å²) in [5, 5.41) is 10.8. The first-order chi connectivity index (χ1) is 17.7. The summed E-state index contributed by atoms with van der Waals surface area (Å²) in [5.41, 5.74) is 5.57. The third-order valence-corrected chi connectivity index (χ3v) is 7.18. The number of fused-ring (bicyclic) bond motifs is 1. The van der Waals surface area contributed by atoms with Crippen molar-refractivity contribution in [2.45, 2.75) is 52.7 Å². The molecule has 0 spiro atoms. The minimum absolute atomic E-state index is 0.0581. The Labute approximate surface area is 219 Å². The summed E-state index contributed by atoms with van der Waals surface area (Å²) in [5.74, 6) is 2.58. The van der Waals surface area contributed by atoms with Gasteiger partial charge in [-0.25, -0.2) is 0 Å². The van der Waals surface area contributed by atoms with E-state index in [1.807, 2.05) is 18.2 Å². The monoisotopic (exact) mass is 504 g/mol. The summed E-state index contributed by atoms with van der Waals surface area (Å²) in [7, 11) is 2.06. The largest absolute Gasteiger partial charge is 0.492 e. The van der Waals surface area contributed by atoms with Crippen LogP contribution in [0.2, 0.25) is 0 Å². The zero-order valence-corrected chi connectivity index (χ0v) is 22.4. The van der Waals surface area contributed by atoms with Crippen molar-refractivity contribution in [2.75, 3.05) is 26.7 Å². The lowest BCUT2D eigenvalue weighted by Crippen LogP contribution is -2.47. The van der Waals surface area contributed by atoms with Gasteiger partial charge < -0.3 is 14.2 Å². The van der Waals surface area contributed by atoms with Gasteiger partial charge in [0.25, 0.3) is 5.69 Å². The van der Waals surface area contributed by atoms with Crippen LogP contribution in [-0.4, -0.2) is 42.2 Å². The molecule has 1 atom stereocenters. The van der Waals surface area contributed by atoms with Crippen molar-refractivity contribution in [3.63, 3.8) is 0 Å². The number of nitro groups is 1. The fourth-order valence-electron chi connectivity index (χ4n) is 4.97. The molecule has 37 heavy (non-hydrogen) atoms. The number of rotatable bonds is 10. The van der Waals surface area contributed by atoms with Crippen LogP contribution in [0.3, 0.4) is 0 Å². The SMILES string of the molecule is Cc1c(C)c2c(c(C)c1OCc1ccccc1)CCC(C)(CN(C)CCOc1ccc([N+](=O)[O-])cc1)O2. The Morgan fingerprint density at radius 3 is 2.38 bits per heavy atom. The number of benzene rings is 3. The lowest BCUT2D eigenvalue weighted by atomic mass is 9.87. The molecule has 0 bridgehead atoms. The van der Waals surface area contributed by atoms with E-state index in [1.54, 1.807) is 12.1 Å². The Kier molecular flexibility index (Phi) is 8.03. The molecule has 196 valence electrons. The van der Waals surface area contributed by atoms with Gasteiger partial charge in [-0.1, -0.05) is 30.3 Å². The summed E-state index contributed by atoms with van der Waals surface area (Å²) in [6.45, 7) is 11.1. The van der Waals surface area contributed by atoms with Crippen molar-refractivity contribution in [1.82, 2.24) is 4.90 Å². The summed E-state index contributed by atoms with van der Waals surface area (Å²) in [6, 6.07) is 16.4. The fourth-order valence-corrected chi connectivity index (χ4v) is 4.97. The zero-order valence-electron chi connectivity index (χ0n) is 22.4. The number of hydrogen-bond donors (Lipinski definition) is 0.